The molecule has 23 heavy (non-hydrogen) atoms. The van der Waals surface area contributed by atoms with E-state index in [-0.39, 0.29) is 5.97 Å². The number of hydrogen-bond donors (Lipinski definition) is 1. The average Bonchev–Trinajstić information content (AvgIpc) is 3.03. The molecule has 1 aromatic carbocycles. The maximum Gasteiger partial charge on any atom is 0.306 e. The number of aryl methyl sites for hydroxylation is 2. The third kappa shape index (κ3) is 5.77. The molecule has 0 fully saturated rings. The highest BCUT2D eigenvalue weighted by Crippen LogP contribution is 2.26. The lowest BCUT2D eigenvalue weighted by Crippen LogP contribution is -2.04. The van der Waals surface area contributed by atoms with Gasteiger partial charge in [-0.25, -0.2) is 4.98 Å². The molecule has 0 unspecified atom stereocenters. The topological polar surface area (TPSA) is 65.2 Å². The van der Waals surface area contributed by atoms with Crippen molar-refractivity contribution in [3.05, 3.63) is 40.9 Å². The molecule has 0 amide bonds. The van der Waals surface area contributed by atoms with Crippen molar-refractivity contribution in [3.63, 3.8) is 0 Å². The predicted molar refractivity (Wildman–Crippen MR) is 94.5 cm³/mol. The Labute approximate surface area is 141 Å². The van der Waals surface area contributed by atoms with Gasteiger partial charge in [-0.1, -0.05) is 24.3 Å². The molecule has 0 atom stereocenters. The Balaban J connectivity index is 1.90. The van der Waals surface area contributed by atoms with Gasteiger partial charge in [0.25, 0.3) is 0 Å². The predicted octanol–water partition coefficient (Wildman–Crippen LogP) is 3.59. The molecule has 2 N–H and O–H groups in total. The van der Waals surface area contributed by atoms with Gasteiger partial charge in [-0.15, -0.1) is 11.3 Å². The Hall–Kier alpha value is -1.72. The van der Waals surface area contributed by atoms with E-state index in [1.165, 1.54) is 5.56 Å². The third-order valence-electron chi connectivity index (χ3n) is 3.55. The Bertz CT molecular complexity index is 608. The molecule has 0 aliphatic rings. The monoisotopic (exact) mass is 332 g/mol. The molecule has 2 aromatic rings. The fraction of sp³-hybridized carbons (Fsp3) is 0.444. The Morgan fingerprint density at radius 3 is 2.70 bits per heavy atom. The van der Waals surface area contributed by atoms with Gasteiger partial charge in [-0.3, -0.25) is 4.79 Å². The van der Waals surface area contributed by atoms with Crippen LogP contribution >= 0.6 is 11.3 Å². The van der Waals surface area contributed by atoms with Gasteiger partial charge in [0.15, 0.2) is 0 Å². The molecule has 0 saturated carbocycles. The van der Waals surface area contributed by atoms with Crippen LogP contribution in [0, 0.1) is 0 Å². The molecule has 0 saturated heterocycles. The highest BCUT2D eigenvalue weighted by atomic mass is 32.1. The fourth-order valence-electron chi connectivity index (χ4n) is 2.30. The number of aromatic nitrogens is 1. The van der Waals surface area contributed by atoms with Crippen molar-refractivity contribution in [2.75, 3.05) is 13.2 Å². The van der Waals surface area contributed by atoms with E-state index in [2.05, 4.69) is 29.2 Å². The Morgan fingerprint density at radius 1 is 1.22 bits per heavy atom. The quantitative estimate of drug-likeness (QED) is 0.563. The summed E-state index contributed by atoms with van der Waals surface area (Å²) in [5.41, 5.74) is 7.98. The molecule has 1 heterocycles. The lowest BCUT2D eigenvalue weighted by molar-refractivity contribution is -0.143. The number of esters is 1. The summed E-state index contributed by atoms with van der Waals surface area (Å²) in [5.74, 6) is -0.149. The zero-order valence-corrected chi connectivity index (χ0v) is 14.4. The van der Waals surface area contributed by atoms with Crippen LogP contribution < -0.4 is 5.73 Å². The first kappa shape index (κ1) is 17.6. The number of carbonyl (C=O) groups excluding carboxylic acids is 1. The van der Waals surface area contributed by atoms with E-state index in [0.717, 1.165) is 41.3 Å². The highest BCUT2D eigenvalue weighted by Gasteiger charge is 2.08. The molecule has 2 rings (SSSR count). The van der Waals surface area contributed by atoms with Crippen LogP contribution in [0.15, 0.2) is 30.5 Å². The summed E-state index contributed by atoms with van der Waals surface area (Å²) in [5, 5.41) is 0.998. The van der Waals surface area contributed by atoms with Crippen LogP contribution in [0.5, 0.6) is 0 Å². The maximum absolute atomic E-state index is 11.4. The van der Waals surface area contributed by atoms with E-state index >= 15 is 0 Å². The molecular weight excluding hydrogens is 308 g/mol. The zero-order valence-electron chi connectivity index (χ0n) is 13.6. The van der Waals surface area contributed by atoms with Gasteiger partial charge in [0.05, 0.1) is 13.0 Å². The molecule has 0 aliphatic carbocycles. The number of hydrogen-bond acceptors (Lipinski definition) is 5. The first-order chi connectivity index (χ1) is 11.2. The number of unbranched alkanes of at least 4 members (excludes halogenated alkanes) is 1. The normalized spacial score (nSPS) is 10.7. The van der Waals surface area contributed by atoms with Gasteiger partial charge in [-0.05, 0) is 44.7 Å². The van der Waals surface area contributed by atoms with Crippen LogP contribution in [0.3, 0.4) is 0 Å². The fourth-order valence-corrected chi connectivity index (χ4v) is 3.22. The summed E-state index contributed by atoms with van der Waals surface area (Å²) >= 11 is 1.64. The van der Waals surface area contributed by atoms with Crippen LogP contribution in [-0.4, -0.2) is 24.1 Å². The van der Waals surface area contributed by atoms with Gasteiger partial charge in [-0.2, -0.15) is 0 Å². The van der Waals surface area contributed by atoms with Crippen LogP contribution in [0.1, 0.15) is 36.6 Å². The highest BCUT2D eigenvalue weighted by molar-refractivity contribution is 7.15. The summed E-state index contributed by atoms with van der Waals surface area (Å²) in [4.78, 5) is 17.0. The average molecular weight is 332 g/mol. The first-order valence-electron chi connectivity index (χ1n) is 8.12. The van der Waals surface area contributed by atoms with Crippen molar-refractivity contribution < 1.29 is 9.53 Å². The largest absolute Gasteiger partial charge is 0.466 e. The van der Waals surface area contributed by atoms with Crippen LogP contribution in [0.25, 0.3) is 10.6 Å². The molecule has 0 radical (unpaired) electrons. The van der Waals surface area contributed by atoms with Crippen molar-refractivity contribution in [2.45, 2.75) is 39.0 Å². The van der Waals surface area contributed by atoms with Gasteiger partial charge < -0.3 is 10.5 Å². The van der Waals surface area contributed by atoms with E-state index < -0.39 is 0 Å². The van der Waals surface area contributed by atoms with Crippen molar-refractivity contribution in [1.82, 2.24) is 4.98 Å². The van der Waals surface area contributed by atoms with E-state index in [1.807, 2.05) is 13.1 Å². The maximum atomic E-state index is 11.4. The Morgan fingerprint density at radius 2 is 2.00 bits per heavy atom. The van der Waals surface area contributed by atoms with E-state index in [4.69, 9.17) is 10.5 Å². The van der Waals surface area contributed by atoms with Crippen molar-refractivity contribution in [3.8, 4) is 10.6 Å². The van der Waals surface area contributed by atoms with E-state index in [1.54, 1.807) is 11.3 Å². The van der Waals surface area contributed by atoms with Crippen LogP contribution in [0.4, 0.5) is 0 Å². The molecular formula is C18H24N2O2S. The standard InChI is InChI=1S/C18H24N2O2S/c1-2-22-17(21)11-10-16-13-20-18(23-16)15-8-6-14(7-9-15)5-3-4-12-19/h6-9,13H,2-5,10-12,19H2,1H3. The first-order valence-corrected chi connectivity index (χ1v) is 8.94. The summed E-state index contributed by atoms with van der Waals surface area (Å²) < 4.78 is 4.95. The minimum atomic E-state index is -0.149. The number of carbonyl (C=O) groups is 1. The second-order valence-electron chi connectivity index (χ2n) is 5.38. The van der Waals surface area contributed by atoms with Gasteiger partial charge in [0, 0.05) is 16.6 Å². The number of nitrogens with two attached hydrogens (primary N) is 1. The minimum absolute atomic E-state index is 0.149. The van der Waals surface area contributed by atoms with Gasteiger partial charge >= 0.3 is 5.97 Å². The molecule has 1 aromatic heterocycles. The number of benzene rings is 1. The van der Waals surface area contributed by atoms with Crippen molar-refractivity contribution in [1.29, 1.82) is 0 Å². The molecule has 0 spiro atoms. The van der Waals surface area contributed by atoms with Gasteiger partial charge in [0.1, 0.15) is 5.01 Å². The molecule has 0 bridgehead atoms. The number of thiazole rings is 1. The minimum Gasteiger partial charge on any atom is -0.466 e. The zero-order chi connectivity index (χ0) is 16.5. The van der Waals surface area contributed by atoms with E-state index in [9.17, 15) is 4.79 Å². The van der Waals surface area contributed by atoms with E-state index in [0.29, 0.717) is 19.4 Å². The second kappa shape index (κ2) is 9.43. The number of rotatable bonds is 9. The summed E-state index contributed by atoms with van der Waals surface area (Å²) in [7, 11) is 0. The summed E-state index contributed by atoms with van der Waals surface area (Å²) in [6, 6.07) is 8.55. The lowest BCUT2D eigenvalue weighted by atomic mass is 10.1. The van der Waals surface area contributed by atoms with Crippen LogP contribution in [-0.2, 0) is 22.4 Å². The second-order valence-corrected chi connectivity index (χ2v) is 6.49. The van der Waals surface area contributed by atoms with Crippen molar-refractivity contribution >= 4 is 17.3 Å². The number of ether oxygens (including phenoxy) is 1. The molecule has 124 valence electrons. The number of nitrogens with zero attached hydrogens (tertiary/aromatic N) is 1. The SMILES string of the molecule is CCOC(=O)CCc1cnc(-c2ccc(CCCCN)cc2)s1. The summed E-state index contributed by atoms with van der Waals surface area (Å²) in [6.07, 6.45) is 6.22. The smallest absolute Gasteiger partial charge is 0.306 e. The summed E-state index contributed by atoms with van der Waals surface area (Å²) in [6.45, 7) is 3.01. The molecule has 5 heteroatoms. The lowest BCUT2D eigenvalue weighted by Gasteiger charge is -2.02. The Kier molecular flexibility index (Phi) is 7.23. The third-order valence-corrected chi connectivity index (χ3v) is 4.66. The van der Waals surface area contributed by atoms with Gasteiger partial charge in [0.2, 0.25) is 0 Å². The molecule has 4 nitrogen and oxygen atoms in total. The van der Waals surface area contributed by atoms with Crippen molar-refractivity contribution in [2.24, 2.45) is 5.73 Å². The van der Waals surface area contributed by atoms with Crippen LogP contribution in [0.2, 0.25) is 0 Å². The molecule has 0 aliphatic heterocycles.